The summed E-state index contributed by atoms with van der Waals surface area (Å²) in [6.45, 7) is 10.1. The lowest BCUT2D eigenvalue weighted by Crippen LogP contribution is -2.52. The van der Waals surface area contributed by atoms with E-state index in [4.69, 9.17) is 0 Å². The van der Waals surface area contributed by atoms with Gasteiger partial charge in [0.15, 0.2) is 0 Å². The molecule has 4 heteroatoms. The molecule has 56 heavy (non-hydrogen) atoms. The summed E-state index contributed by atoms with van der Waals surface area (Å²) in [4.78, 5) is 9.19. The number of nitrogens with zero attached hydrogens (tertiary/aromatic N) is 2. The molecule has 0 unspecified atom stereocenters. The van der Waals surface area contributed by atoms with Crippen LogP contribution < -0.4 is 21.6 Å². The van der Waals surface area contributed by atoms with E-state index in [1.54, 1.807) is 5.19 Å². The molecular weight excluding hydrogens is 691 g/mol. The van der Waals surface area contributed by atoms with E-state index in [1.807, 2.05) is 12.4 Å². The van der Waals surface area contributed by atoms with Crippen LogP contribution >= 0.6 is 0 Å². The normalized spacial score (nSPS) is 16.7. The van der Waals surface area contributed by atoms with E-state index in [-0.39, 0.29) is 12.1 Å². The van der Waals surface area contributed by atoms with Crippen LogP contribution in [0.2, 0.25) is 18.6 Å². The van der Waals surface area contributed by atoms with Crippen molar-refractivity contribution in [3.63, 3.8) is 0 Å². The van der Waals surface area contributed by atoms with Gasteiger partial charge in [-0.1, -0.05) is 184 Å². The molecule has 0 spiro atoms. The van der Waals surface area contributed by atoms with E-state index in [1.165, 1.54) is 125 Å². The number of aromatic nitrogens is 2. The number of rotatable bonds is 11. The smallest absolute Gasteiger partial charge is 0.241 e. The van der Waals surface area contributed by atoms with Gasteiger partial charge in [0.05, 0.1) is 8.07 Å². The van der Waals surface area contributed by atoms with Crippen molar-refractivity contribution >= 4 is 36.4 Å². The third kappa shape index (κ3) is 7.15. The number of hydrogen-bond acceptors (Lipinski definition) is 2. The molecule has 0 radical (unpaired) electrons. The van der Waals surface area contributed by atoms with Gasteiger partial charge in [0.1, 0.15) is 0 Å². The monoisotopic (exact) mass is 748 g/mol. The highest BCUT2D eigenvalue weighted by atomic mass is 28.3. The molecule has 2 aromatic heterocycles. The summed E-state index contributed by atoms with van der Waals surface area (Å²) in [6, 6.07) is 42.3. The topological polar surface area (TPSA) is 25.8 Å². The van der Waals surface area contributed by atoms with Crippen LogP contribution in [-0.2, 0) is 5.41 Å². The summed E-state index contributed by atoms with van der Waals surface area (Å²) in [7, 11) is -1.57. The Morgan fingerprint density at radius 1 is 0.536 bits per heavy atom. The zero-order valence-corrected chi connectivity index (χ0v) is 35.0. The minimum absolute atomic E-state index is 0.109. The van der Waals surface area contributed by atoms with Gasteiger partial charge in [0.2, 0.25) is 6.71 Å². The lowest BCUT2D eigenvalue weighted by molar-refractivity contribution is 0.443. The summed E-state index contributed by atoms with van der Waals surface area (Å²) in [6.07, 6.45) is 21.5. The van der Waals surface area contributed by atoms with Crippen molar-refractivity contribution in [3.05, 3.63) is 145 Å². The van der Waals surface area contributed by atoms with Crippen molar-refractivity contribution in [3.8, 4) is 33.4 Å². The molecule has 0 N–H and O–H groups in total. The van der Waals surface area contributed by atoms with Gasteiger partial charge >= 0.3 is 0 Å². The van der Waals surface area contributed by atoms with Crippen molar-refractivity contribution in [2.24, 2.45) is 5.92 Å². The highest BCUT2D eigenvalue weighted by Crippen LogP contribution is 2.49. The highest BCUT2D eigenvalue weighted by molar-refractivity contribution is 6.95. The molecule has 6 aromatic rings. The molecule has 3 aliphatic carbocycles. The van der Waals surface area contributed by atoms with E-state index >= 15 is 0 Å². The van der Waals surface area contributed by atoms with Crippen molar-refractivity contribution in [1.29, 1.82) is 0 Å². The Hall–Kier alpha value is -4.54. The third-order valence-electron chi connectivity index (χ3n) is 14.4. The van der Waals surface area contributed by atoms with Crippen LogP contribution in [0.4, 0.5) is 0 Å². The minimum atomic E-state index is -1.57. The molecule has 282 valence electrons. The molecule has 0 aliphatic heterocycles. The minimum Gasteiger partial charge on any atom is -0.264 e. The van der Waals surface area contributed by atoms with Gasteiger partial charge in [0, 0.05) is 24.8 Å². The summed E-state index contributed by atoms with van der Waals surface area (Å²) in [5, 5.41) is 1.62. The van der Waals surface area contributed by atoms with Crippen LogP contribution in [0.5, 0.6) is 0 Å². The fourth-order valence-electron chi connectivity index (χ4n) is 10.4. The molecule has 9 rings (SSSR count). The van der Waals surface area contributed by atoms with Gasteiger partial charge in [0.25, 0.3) is 0 Å². The van der Waals surface area contributed by atoms with Crippen LogP contribution in [0.15, 0.2) is 134 Å². The van der Waals surface area contributed by atoms with E-state index in [0.717, 1.165) is 11.5 Å². The molecule has 2 heterocycles. The van der Waals surface area contributed by atoms with Gasteiger partial charge in [-0.2, -0.15) is 0 Å². The first kappa shape index (κ1) is 37.1. The van der Waals surface area contributed by atoms with E-state index in [9.17, 15) is 0 Å². The van der Waals surface area contributed by atoms with E-state index in [2.05, 4.69) is 158 Å². The first-order valence-corrected chi connectivity index (χ1v) is 24.7. The van der Waals surface area contributed by atoms with Crippen molar-refractivity contribution in [2.45, 2.75) is 108 Å². The molecule has 3 saturated carbocycles. The standard InChI is InChI=1S/C52H57BN2Si/c1-52(2,41-23-24-41)50-36-55-34-32-47(50)39-19-27-43(28-20-39)53(42-25-17-38(18-26-42)46-31-33-54-35-49(46)37-11-6-5-7-12-37)44-29-21-40(22-30-44)48-15-8-9-16-51(48)56(3,4)45-13-10-14-45/h8-9,15-22,25-37,41,45H,5-7,10-14,23-24H2,1-4H3. The zero-order chi connectivity index (χ0) is 38.3. The maximum absolute atomic E-state index is 4.60. The van der Waals surface area contributed by atoms with E-state index < -0.39 is 8.07 Å². The van der Waals surface area contributed by atoms with Crippen LogP contribution in [0.1, 0.15) is 95.1 Å². The molecule has 0 bridgehead atoms. The second-order valence-corrected chi connectivity index (χ2v) is 23.2. The second-order valence-electron chi connectivity index (χ2n) is 18.4. The summed E-state index contributed by atoms with van der Waals surface area (Å²) in [5.41, 5.74) is 15.8. The SMILES string of the molecule is CC(C)(c1cnccc1-c1ccc(B(c2ccc(-c3ccncc3C3CCCCC3)cc2)c2ccc(-c3ccccc3[Si](C)(C)C3CCC3)cc2)cc1)C1CC1. The number of benzene rings is 4. The summed E-state index contributed by atoms with van der Waals surface area (Å²) >= 11 is 0. The average Bonchev–Trinajstić information content (AvgIpc) is 4.09. The van der Waals surface area contributed by atoms with Crippen LogP contribution in [0.3, 0.4) is 0 Å². The lowest BCUT2D eigenvalue weighted by atomic mass is 9.37. The zero-order valence-electron chi connectivity index (χ0n) is 34.0. The fraction of sp³-hybridized carbons (Fsp3) is 0.346. The van der Waals surface area contributed by atoms with E-state index in [0.29, 0.717) is 5.92 Å². The molecular formula is C52H57BN2Si. The van der Waals surface area contributed by atoms with Crippen molar-refractivity contribution in [2.75, 3.05) is 0 Å². The summed E-state index contributed by atoms with van der Waals surface area (Å²) in [5.74, 6) is 1.35. The number of hydrogen-bond donors (Lipinski definition) is 0. The Morgan fingerprint density at radius 2 is 1.07 bits per heavy atom. The maximum atomic E-state index is 4.60. The lowest BCUT2D eigenvalue weighted by Gasteiger charge is -2.40. The second kappa shape index (κ2) is 15.4. The Bertz CT molecular complexity index is 2280. The predicted octanol–water partition coefficient (Wildman–Crippen LogP) is 11.2. The molecule has 0 saturated heterocycles. The fourth-order valence-corrected chi connectivity index (χ4v) is 14.1. The van der Waals surface area contributed by atoms with Crippen LogP contribution in [-0.4, -0.2) is 24.8 Å². The molecule has 3 aliphatic rings. The average molecular weight is 749 g/mol. The molecule has 2 nitrogen and oxygen atoms in total. The Balaban J connectivity index is 1.09. The van der Waals surface area contributed by atoms with Gasteiger partial charge in [-0.15, -0.1) is 0 Å². The van der Waals surface area contributed by atoms with Gasteiger partial charge < -0.3 is 0 Å². The molecule has 4 aromatic carbocycles. The third-order valence-corrected chi connectivity index (χ3v) is 18.9. The Kier molecular flexibility index (Phi) is 10.2. The van der Waals surface area contributed by atoms with Gasteiger partial charge in [-0.3, -0.25) is 9.97 Å². The number of pyridine rings is 2. The molecule has 0 atom stereocenters. The molecule has 3 fully saturated rings. The first-order chi connectivity index (χ1) is 27.3. The quantitative estimate of drug-likeness (QED) is 0.123. The maximum Gasteiger partial charge on any atom is 0.241 e. The van der Waals surface area contributed by atoms with Gasteiger partial charge in [-0.25, -0.2) is 0 Å². The highest BCUT2D eigenvalue weighted by Gasteiger charge is 2.41. The predicted molar refractivity (Wildman–Crippen MR) is 242 cm³/mol. The largest absolute Gasteiger partial charge is 0.264 e. The Labute approximate surface area is 337 Å². The van der Waals surface area contributed by atoms with Crippen LogP contribution in [0.25, 0.3) is 33.4 Å². The van der Waals surface area contributed by atoms with Crippen LogP contribution in [0, 0.1) is 5.92 Å². The van der Waals surface area contributed by atoms with Crippen molar-refractivity contribution < 1.29 is 0 Å². The van der Waals surface area contributed by atoms with Gasteiger partial charge in [-0.05, 0) is 105 Å². The molecule has 0 amide bonds. The Morgan fingerprint density at radius 3 is 1.64 bits per heavy atom. The first-order valence-electron chi connectivity index (χ1n) is 21.6. The van der Waals surface area contributed by atoms with Crippen molar-refractivity contribution in [1.82, 2.24) is 9.97 Å². The summed E-state index contributed by atoms with van der Waals surface area (Å²) < 4.78 is 0.